The Morgan fingerprint density at radius 1 is 1.15 bits per heavy atom. The zero-order valence-corrected chi connectivity index (χ0v) is 15.0. The van der Waals surface area contributed by atoms with Gasteiger partial charge < -0.3 is 10.1 Å². The van der Waals surface area contributed by atoms with Crippen LogP contribution in [-0.2, 0) is 14.3 Å². The van der Waals surface area contributed by atoms with Gasteiger partial charge in [-0.05, 0) is 26.5 Å². The second kappa shape index (κ2) is 10.4. The van der Waals surface area contributed by atoms with Gasteiger partial charge in [0.05, 0.1) is 25.7 Å². The second-order valence-electron chi connectivity index (χ2n) is 5.53. The molecule has 0 heterocycles. The number of nitrogens with one attached hydrogen (secondary N) is 2. The van der Waals surface area contributed by atoms with Crippen molar-refractivity contribution in [3.8, 4) is 0 Å². The quantitative estimate of drug-likeness (QED) is 0.727. The van der Waals surface area contributed by atoms with Gasteiger partial charge >= 0.3 is 6.09 Å². The molecule has 0 bridgehead atoms. The molecule has 144 valence electrons. The number of rotatable bonds is 8. The van der Waals surface area contributed by atoms with Crippen molar-refractivity contribution in [2.45, 2.75) is 26.8 Å². The number of hydrogen-bond acceptors (Lipinski definition) is 5. The minimum atomic E-state index is -0.849. The van der Waals surface area contributed by atoms with Crippen molar-refractivity contribution in [1.29, 1.82) is 0 Å². The van der Waals surface area contributed by atoms with Crippen LogP contribution in [0, 0.1) is 11.6 Å². The molecule has 26 heavy (non-hydrogen) atoms. The van der Waals surface area contributed by atoms with Crippen LogP contribution in [0.1, 0.15) is 32.4 Å². The number of carbonyl (C=O) groups excluding carboxylic acids is 3. The Bertz CT molecular complexity index is 655. The van der Waals surface area contributed by atoms with Crippen LogP contribution in [-0.4, -0.2) is 49.0 Å². The molecule has 3 amide bonds. The van der Waals surface area contributed by atoms with E-state index in [-0.39, 0.29) is 25.3 Å². The van der Waals surface area contributed by atoms with Gasteiger partial charge in [0.15, 0.2) is 0 Å². The highest BCUT2D eigenvalue weighted by Crippen LogP contribution is 2.17. The number of carbonyl (C=O) groups is 3. The first kappa shape index (κ1) is 21.5. The number of nitrogens with zero attached hydrogens (tertiary/aromatic N) is 1. The van der Waals surface area contributed by atoms with Gasteiger partial charge in [0.2, 0.25) is 11.8 Å². The summed E-state index contributed by atoms with van der Waals surface area (Å²) in [7, 11) is 0. The molecule has 0 aliphatic rings. The first-order valence-corrected chi connectivity index (χ1v) is 8.20. The molecule has 0 spiro atoms. The summed E-state index contributed by atoms with van der Waals surface area (Å²) >= 11 is 0. The molecule has 1 rings (SSSR count). The van der Waals surface area contributed by atoms with Crippen molar-refractivity contribution < 1.29 is 27.9 Å². The normalized spacial score (nSPS) is 11.8. The number of alkyl carbamates (subject to hydrolysis) is 1. The van der Waals surface area contributed by atoms with Crippen molar-refractivity contribution in [3.05, 3.63) is 35.4 Å². The average molecular weight is 371 g/mol. The lowest BCUT2D eigenvalue weighted by atomic mass is 10.1. The van der Waals surface area contributed by atoms with Crippen LogP contribution in [0.15, 0.2) is 18.2 Å². The van der Waals surface area contributed by atoms with Gasteiger partial charge in [0.1, 0.15) is 11.6 Å². The van der Waals surface area contributed by atoms with E-state index in [1.54, 1.807) is 20.8 Å². The number of imide groups is 1. The molecule has 2 N–H and O–H groups in total. The first-order valence-electron chi connectivity index (χ1n) is 8.20. The van der Waals surface area contributed by atoms with E-state index in [0.717, 1.165) is 12.1 Å². The molecule has 0 fully saturated rings. The Kier molecular flexibility index (Phi) is 8.63. The molecule has 0 saturated carbocycles. The van der Waals surface area contributed by atoms with E-state index >= 15 is 0 Å². The van der Waals surface area contributed by atoms with Crippen LogP contribution >= 0.6 is 0 Å². The van der Waals surface area contributed by atoms with E-state index in [1.807, 2.05) is 5.32 Å². The molecule has 0 radical (unpaired) electrons. The summed E-state index contributed by atoms with van der Waals surface area (Å²) < 4.78 is 31.3. The topological polar surface area (TPSA) is 87.7 Å². The maximum atomic E-state index is 13.7. The zero-order chi connectivity index (χ0) is 19.7. The molecule has 0 unspecified atom stereocenters. The molecule has 0 saturated heterocycles. The maximum absolute atomic E-state index is 13.7. The number of hydrogen-bond donors (Lipinski definition) is 2. The molecular weight excluding hydrogens is 348 g/mol. The summed E-state index contributed by atoms with van der Waals surface area (Å²) in [5.74, 6) is -2.49. The van der Waals surface area contributed by atoms with Gasteiger partial charge in [-0.1, -0.05) is 13.0 Å². The highest BCUT2D eigenvalue weighted by atomic mass is 19.1. The van der Waals surface area contributed by atoms with Crippen LogP contribution < -0.4 is 10.6 Å². The first-order chi connectivity index (χ1) is 12.3. The van der Waals surface area contributed by atoms with Crippen molar-refractivity contribution in [3.63, 3.8) is 0 Å². The fourth-order valence-corrected chi connectivity index (χ4v) is 2.22. The lowest BCUT2D eigenvalue weighted by Gasteiger charge is -2.21. The highest BCUT2D eigenvalue weighted by Gasteiger charge is 2.18. The monoisotopic (exact) mass is 371 g/mol. The zero-order valence-electron chi connectivity index (χ0n) is 15.0. The van der Waals surface area contributed by atoms with Gasteiger partial charge in [-0.25, -0.2) is 13.6 Å². The molecule has 1 aromatic carbocycles. The largest absolute Gasteiger partial charge is 0.450 e. The van der Waals surface area contributed by atoms with E-state index in [1.165, 1.54) is 11.0 Å². The Morgan fingerprint density at radius 3 is 2.38 bits per heavy atom. The summed E-state index contributed by atoms with van der Waals surface area (Å²) in [6.07, 6.45) is -0.849. The van der Waals surface area contributed by atoms with Crippen LogP contribution in [0.25, 0.3) is 0 Å². The number of halogens is 2. The molecule has 7 nitrogen and oxygen atoms in total. The van der Waals surface area contributed by atoms with E-state index in [2.05, 4.69) is 10.1 Å². The highest BCUT2D eigenvalue weighted by molar-refractivity contribution is 5.93. The van der Waals surface area contributed by atoms with Gasteiger partial charge in [0, 0.05) is 11.6 Å². The summed E-state index contributed by atoms with van der Waals surface area (Å²) in [4.78, 5) is 36.5. The standard InChI is InChI=1S/C17H23F2N3O4/c1-4-22(10-16(24)21-17(25)26-5-2)9-15(23)20-11(3)13-7-6-12(18)8-14(13)19/h6-8,11H,4-5,9-10H2,1-3H3,(H,20,23)(H,21,24,25)/t11-/m0/s1. The lowest BCUT2D eigenvalue weighted by Crippen LogP contribution is -2.44. The third-order valence-corrected chi connectivity index (χ3v) is 3.51. The molecule has 0 aliphatic carbocycles. The third-order valence-electron chi connectivity index (χ3n) is 3.51. The Hall–Kier alpha value is -2.55. The van der Waals surface area contributed by atoms with E-state index in [4.69, 9.17) is 0 Å². The predicted octanol–water partition coefficient (Wildman–Crippen LogP) is 1.74. The minimum absolute atomic E-state index is 0.125. The molecule has 0 aliphatic heterocycles. The fraction of sp³-hybridized carbons (Fsp3) is 0.471. The van der Waals surface area contributed by atoms with Crippen molar-refractivity contribution in [2.24, 2.45) is 0 Å². The Labute approximate surface area is 150 Å². The molecule has 1 aromatic rings. The summed E-state index contributed by atoms with van der Waals surface area (Å²) in [5, 5.41) is 4.63. The molecule has 9 heteroatoms. The smallest absolute Gasteiger partial charge is 0.413 e. The number of likely N-dealkylation sites (N-methyl/N-ethyl adjacent to an activating group) is 1. The predicted molar refractivity (Wildman–Crippen MR) is 90.2 cm³/mol. The molecule has 0 aromatic heterocycles. The van der Waals surface area contributed by atoms with Crippen molar-refractivity contribution >= 4 is 17.9 Å². The van der Waals surface area contributed by atoms with Crippen LogP contribution in [0.2, 0.25) is 0 Å². The summed E-state index contributed by atoms with van der Waals surface area (Å²) in [6.45, 7) is 5.13. The molecule has 1 atom stereocenters. The summed E-state index contributed by atoms with van der Waals surface area (Å²) in [6, 6.07) is 2.45. The van der Waals surface area contributed by atoms with Gasteiger partial charge in [-0.15, -0.1) is 0 Å². The van der Waals surface area contributed by atoms with E-state index in [9.17, 15) is 23.2 Å². The average Bonchev–Trinajstić information content (AvgIpc) is 2.53. The SMILES string of the molecule is CCOC(=O)NC(=O)CN(CC)CC(=O)N[C@@H](C)c1ccc(F)cc1F. The van der Waals surface area contributed by atoms with Crippen LogP contribution in [0.4, 0.5) is 13.6 Å². The third kappa shape index (κ3) is 7.14. The lowest BCUT2D eigenvalue weighted by molar-refractivity contribution is -0.125. The van der Waals surface area contributed by atoms with Gasteiger partial charge in [-0.3, -0.25) is 19.8 Å². The number of ether oxygens (including phenoxy) is 1. The number of benzene rings is 1. The summed E-state index contributed by atoms with van der Waals surface area (Å²) in [5.41, 5.74) is 0.155. The number of amides is 3. The van der Waals surface area contributed by atoms with Gasteiger partial charge in [0.25, 0.3) is 0 Å². The van der Waals surface area contributed by atoms with Crippen molar-refractivity contribution in [1.82, 2.24) is 15.5 Å². The Morgan fingerprint density at radius 2 is 1.81 bits per heavy atom. The van der Waals surface area contributed by atoms with E-state index in [0.29, 0.717) is 6.54 Å². The van der Waals surface area contributed by atoms with Crippen LogP contribution in [0.5, 0.6) is 0 Å². The minimum Gasteiger partial charge on any atom is -0.450 e. The Balaban J connectivity index is 2.55. The fourth-order valence-electron chi connectivity index (χ4n) is 2.22. The second-order valence-corrected chi connectivity index (χ2v) is 5.53. The van der Waals surface area contributed by atoms with E-state index < -0.39 is 35.6 Å². The maximum Gasteiger partial charge on any atom is 0.413 e. The van der Waals surface area contributed by atoms with Crippen molar-refractivity contribution in [2.75, 3.05) is 26.2 Å². The molecular formula is C17H23F2N3O4. The van der Waals surface area contributed by atoms with Gasteiger partial charge in [-0.2, -0.15) is 0 Å². The van der Waals surface area contributed by atoms with Crippen LogP contribution in [0.3, 0.4) is 0 Å².